The van der Waals surface area contributed by atoms with Gasteiger partial charge in [0, 0.05) is 35.1 Å². The largest absolute Gasteiger partial charge is 0.508 e. The lowest BCUT2D eigenvalue weighted by Crippen LogP contribution is -2.20. The van der Waals surface area contributed by atoms with E-state index in [2.05, 4.69) is 113 Å². The quantitative estimate of drug-likeness (QED) is 0.0295. The normalized spacial score (nSPS) is 12.4. The SMILES string of the molecule is CC(C)Cc1nc2c(nc1NC(=O)CCCc1ccccc1)CCc1cc(O)ccc1-2.CC(C)Cc1nc2c(nc1NC(=O)CCc1ccccc1)CCc1cc(O)ccc1-2.CC(C)Cc1nc2c(nc1NC(=O)Cc1ccc3ccccc3c1)CCc1cc(O)ccc1-2.CC(C)Cc1nc2c(nc1NC(=O)Cc1ccccc1)CCc1cc(O)ccc1-2. The zero-order valence-corrected chi connectivity index (χ0v) is 71.4. The van der Waals surface area contributed by atoms with Gasteiger partial charge in [0.15, 0.2) is 23.3 Å². The molecule has 4 heterocycles. The van der Waals surface area contributed by atoms with Crippen LogP contribution in [0.3, 0.4) is 0 Å². The van der Waals surface area contributed by atoms with E-state index in [1.54, 1.807) is 42.5 Å². The predicted molar refractivity (Wildman–Crippen MR) is 487 cm³/mol. The van der Waals surface area contributed by atoms with Crippen LogP contribution in [-0.4, -0.2) is 83.9 Å². The summed E-state index contributed by atoms with van der Waals surface area (Å²) in [5.41, 5.74) is 23.1. The van der Waals surface area contributed by atoms with Crippen LogP contribution in [0, 0.1) is 23.7 Å². The zero-order valence-electron chi connectivity index (χ0n) is 71.4. The molecule has 20 heteroatoms. The highest BCUT2D eigenvalue weighted by Crippen LogP contribution is 2.40. The summed E-state index contributed by atoms with van der Waals surface area (Å²) in [5.74, 6) is 4.70. The van der Waals surface area contributed by atoms with E-state index in [1.807, 2.05) is 127 Å². The first-order valence-corrected chi connectivity index (χ1v) is 43.1. The Kier molecular flexibility index (Phi) is 27.9. The average Bonchev–Trinajstić information content (AvgIpc) is 0.785. The molecule has 8 N–H and O–H groups in total. The molecule has 4 amide bonds. The van der Waals surface area contributed by atoms with Gasteiger partial charge in [-0.05, 0) is 248 Å². The van der Waals surface area contributed by atoms with Crippen molar-refractivity contribution in [3.63, 3.8) is 0 Å². The predicted octanol–water partition coefficient (Wildman–Crippen LogP) is 19.6. The molecule has 9 aromatic carbocycles. The van der Waals surface area contributed by atoms with Crippen molar-refractivity contribution in [2.75, 3.05) is 21.3 Å². The molecule has 4 aromatic heterocycles. The van der Waals surface area contributed by atoms with E-state index >= 15 is 0 Å². The van der Waals surface area contributed by atoms with Gasteiger partial charge in [-0.15, -0.1) is 0 Å². The summed E-state index contributed by atoms with van der Waals surface area (Å²) in [5, 5.41) is 53.6. The smallest absolute Gasteiger partial charge is 0.229 e. The molecule has 123 heavy (non-hydrogen) atoms. The molecule has 0 saturated heterocycles. The molecule has 20 nitrogen and oxygen atoms in total. The van der Waals surface area contributed by atoms with Crippen LogP contribution in [0.2, 0.25) is 0 Å². The number of carbonyl (C=O) groups excluding carboxylic acids is 4. The fraction of sp³-hybridized carbons (Fsp3) is 0.301. The number of aromatic nitrogens is 8. The zero-order chi connectivity index (χ0) is 86.2. The summed E-state index contributed by atoms with van der Waals surface area (Å²) in [7, 11) is 0. The first kappa shape index (κ1) is 86.0. The van der Waals surface area contributed by atoms with E-state index in [9.17, 15) is 39.6 Å². The van der Waals surface area contributed by atoms with E-state index < -0.39 is 0 Å². The van der Waals surface area contributed by atoms with Crippen LogP contribution in [0.15, 0.2) is 206 Å². The van der Waals surface area contributed by atoms with Gasteiger partial charge in [-0.3, -0.25) is 19.2 Å². The van der Waals surface area contributed by atoms with E-state index in [-0.39, 0.29) is 53.0 Å². The Labute approximate surface area is 719 Å². The van der Waals surface area contributed by atoms with Gasteiger partial charge in [0.25, 0.3) is 0 Å². The number of anilines is 4. The van der Waals surface area contributed by atoms with Crippen LogP contribution in [0.1, 0.15) is 165 Å². The van der Waals surface area contributed by atoms with Crippen molar-refractivity contribution in [3.05, 3.63) is 296 Å². The van der Waals surface area contributed by atoms with Gasteiger partial charge in [0.05, 0.1) is 81.2 Å². The second-order valence-electron chi connectivity index (χ2n) is 34.1. The Hall–Kier alpha value is -13.4. The minimum Gasteiger partial charge on any atom is -0.508 e. The number of hydrogen-bond donors (Lipinski definition) is 8. The number of rotatable bonds is 23. The number of carbonyl (C=O) groups is 4. The fourth-order valence-corrected chi connectivity index (χ4v) is 16.2. The van der Waals surface area contributed by atoms with Gasteiger partial charge >= 0.3 is 0 Å². The van der Waals surface area contributed by atoms with E-state index in [4.69, 9.17) is 39.9 Å². The Morgan fingerprint density at radius 2 is 0.593 bits per heavy atom. The third kappa shape index (κ3) is 22.6. The third-order valence-electron chi connectivity index (χ3n) is 22.1. The summed E-state index contributed by atoms with van der Waals surface area (Å²) < 4.78 is 0. The van der Waals surface area contributed by atoms with Gasteiger partial charge in [-0.2, -0.15) is 0 Å². The highest BCUT2D eigenvalue weighted by Gasteiger charge is 2.29. The number of aromatic hydroxyl groups is 4. The van der Waals surface area contributed by atoms with Crippen molar-refractivity contribution < 1.29 is 39.6 Å². The Morgan fingerprint density at radius 1 is 0.293 bits per heavy atom. The van der Waals surface area contributed by atoms with Crippen LogP contribution in [-0.2, 0) is 122 Å². The fourth-order valence-electron chi connectivity index (χ4n) is 16.2. The lowest BCUT2D eigenvalue weighted by molar-refractivity contribution is -0.117. The van der Waals surface area contributed by atoms with Crippen LogP contribution in [0.4, 0.5) is 23.3 Å². The summed E-state index contributed by atoms with van der Waals surface area (Å²) in [6.07, 6.45) is 12.9. The second kappa shape index (κ2) is 39.9. The average molecular weight is 1640 g/mol. The van der Waals surface area contributed by atoms with Crippen molar-refractivity contribution in [1.29, 1.82) is 0 Å². The van der Waals surface area contributed by atoms with Crippen molar-refractivity contribution in [2.45, 2.75) is 177 Å². The standard InChI is InChI=1S/C28H27N3O2.C26H29N3O2.C25H27N3O2.C24H25N3O2/c1-17(2)13-25-28(30-24-12-9-21-16-22(32)10-11-23(21)27(24)29-25)31-26(33)15-18-7-8-19-5-3-4-6-20(19)14-18;1-17(2)15-23-26(29-24(31)10-6-9-18-7-4-3-5-8-18)28-22-14-11-19-16-20(30)12-13-21(19)25(22)27-23;1-16(2)14-22-25(28-23(30)13-8-17-6-4-3-5-7-17)27-21-12-9-18-15-19(29)10-11-20(18)24(21)26-22;1-15(2)12-21-24(27-22(29)13-16-6-4-3-5-7-16)26-20-11-8-17-14-18(28)9-10-19(17)23(20)25-21/h3-8,10-11,14,16-17,32H,9,12-13,15H2,1-2H3,(H,30,31,33);3-5,7-8,12-13,16-17,30H,6,9-11,14-15H2,1-2H3,(H,28,29,31);3-7,10-11,15-16,29H,8-9,12-14H2,1-2H3,(H,27,28,30);3-7,9-10,14-15,28H,8,11-13H2,1-2H3,(H,26,27,29). The number of phenolic OH excluding ortho intramolecular Hbond substituents is 4. The van der Waals surface area contributed by atoms with Crippen LogP contribution < -0.4 is 21.3 Å². The molecule has 628 valence electrons. The van der Waals surface area contributed by atoms with Crippen molar-refractivity contribution in [1.82, 2.24) is 39.9 Å². The lowest BCUT2D eigenvalue weighted by atomic mass is 9.91. The number of aryl methyl sites for hydroxylation is 10. The molecule has 0 aliphatic heterocycles. The Balaban J connectivity index is 0.000000134. The molecule has 4 aliphatic rings. The first-order valence-electron chi connectivity index (χ1n) is 43.1. The Bertz CT molecular complexity index is 6000. The molecule has 0 fully saturated rings. The maximum atomic E-state index is 13.0. The van der Waals surface area contributed by atoms with E-state index in [0.29, 0.717) is 72.6 Å². The minimum atomic E-state index is -0.0920. The van der Waals surface area contributed by atoms with Crippen LogP contribution >= 0.6 is 0 Å². The molecule has 0 atom stereocenters. The highest BCUT2D eigenvalue weighted by molar-refractivity contribution is 5.95. The number of phenols is 4. The first-order chi connectivity index (χ1) is 59.4. The number of amides is 4. The molecule has 0 saturated carbocycles. The van der Waals surface area contributed by atoms with Gasteiger partial charge in [-0.25, -0.2) is 39.9 Å². The summed E-state index contributed by atoms with van der Waals surface area (Å²) in [4.78, 5) is 89.9. The number of nitrogens with zero attached hydrogens (tertiary/aromatic N) is 8. The molecule has 4 aliphatic carbocycles. The third-order valence-corrected chi connectivity index (χ3v) is 22.1. The van der Waals surface area contributed by atoms with Gasteiger partial charge in [0.2, 0.25) is 23.6 Å². The lowest BCUT2D eigenvalue weighted by Gasteiger charge is -2.21. The van der Waals surface area contributed by atoms with Crippen LogP contribution in [0.5, 0.6) is 23.0 Å². The van der Waals surface area contributed by atoms with Gasteiger partial charge < -0.3 is 41.7 Å². The molecule has 13 aromatic rings. The van der Waals surface area contributed by atoms with Crippen molar-refractivity contribution >= 4 is 57.7 Å². The van der Waals surface area contributed by atoms with Crippen LogP contribution in [0.25, 0.3) is 55.8 Å². The molecular formula is C103H108N12O8. The topological polar surface area (TPSA) is 300 Å². The maximum absolute atomic E-state index is 13.0. The molecule has 0 bridgehead atoms. The molecule has 0 unspecified atom stereocenters. The van der Waals surface area contributed by atoms with Gasteiger partial charge in [-0.1, -0.05) is 189 Å². The summed E-state index contributed by atoms with van der Waals surface area (Å²) in [6.45, 7) is 17.1. The van der Waals surface area contributed by atoms with Crippen molar-refractivity contribution in [3.8, 4) is 68.0 Å². The van der Waals surface area contributed by atoms with Crippen molar-refractivity contribution in [2.24, 2.45) is 23.7 Å². The molecular weight excluding hydrogens is 1530 g/mol. The second-order valence-corrected chi connectivity index (χ2v) is 34.1. The monoisotopic (exact) mass is 1640 g/mol. The minimum absolute atomic E-state index is 0.0173. The molecule has 0 radical (unpaired) electrons. The number of hydrogen-bond acceptors (Lipinski definition) is 16. The van der Waals surface area contributed by atoms with E-state index in [1.165, 1.54) is 5.56 Å². The van der Waals surface area contributed by atoms with Gasteiger partial charge in [0.1, 0.15) is 23.0 Å². The Morgan fingerprint density at radius 3 is 0.943 bits per heavy atom. The van der Waals surface area contributed by atoms with E-state index in [0.717, 1.165) is 230 Å². The molecule has 17 rings (SSSR count). The maximum Gasteiger partial charge on any atom is 0.229 e. The highest BCUT2D eigenvalue weighted by atomic mass is 16.3. The molecule has 0 spiro atoms. The summed E-state index contributed by atoms with van der Waals surface area (Å²) in [6, 6.07) is 65.8. The number of benzene rings is 9. The number of fused-ring (bicyclic) bond motifs is 13. The number of nitrogens with one attached hydrogen (secondary N) is 4. The summed E-state index contributed by atoms with van der Waals surface area (Å²) >= 11 is 0.